The van der Waals surface area contributed by atoms with Gasteiger partial charge in [-0.25, -0.2) is 4.39 Å². The molecule has 0 amide bonds. The Hall–Kier alpha value is -1.09. The average molecular weight is 312 g/mol. The number of aryl methyl sites for hydroxylation is 2. The summed E-state index contributed by atoms with van der Waals surface area (Å²) in [5.74, 6) is -0.388. The maximum atomic E-state index is 14.2. The van der Waals surface area contributed by atoms with Crippen LogP contribution in [0.1, 0.15) is 28.3 Å². The smallest absolute Gasteiger partial charge is 0.146 e. The number of benzene rings is 2. The molecule has 2 aromatic rings. The molecule has 0 aliphatic heterocycles. The summed E-state index contributed by atoms with van der Waals surface area (Å²) in [5, 5.41) is 3.99. The summed E-state index contributed by atoms with van der Waals surface area (Å²) in [6, 6.07) is 8.67. The van der Waals surface area contributed by atoms with E-state index in [0.717, 1.165) is 16.7 Å². The van der Waals surface area contributed by atoms with Gasteiger partial charge in [-0.1, -0.05) is 41.4 Å². The van der Waals surface area contributed by atoms with Gasteiger partial charge in [0.05, 0.1) is 11.1 Å². The molecule has 0 heterocycles. The van der Waals surface area contributed by atoms with Gasteiger partial charge in [-0.2, -0.15) is 0 Å². The molecule has 20 heavy (non-hydrogen) atoms. The summed E-state index contributed by atoms with van der Waals surface area (Å²) < 4.78 is 14.2. The van der Waals surface area contributed by atoms with E-state index in [1.807, 2.05) is 26.0 Å². The lowest BCUT2D eigenvalue weighted by atomic mass is 9.93. The van der Waals surface area contributed by atoms with Crippen molar-refractivity contribution in [2.75, 3.05) is 7.05 Å². The monoisotopic (exact) mass is 311 g/mol. The lowest BCUT2D eigenvalue weighted by molar-refractivity contribution is 0.575. The molecule has 0 aliphatic carbocycles. The molecule has 2 aromatic carbocycles. The Bertz CT molecular complexity index is 641. The molecule has 0 fully saturated rings. The van der Waals surface area contributed by atoms with E-state index in [1.54, 1.807) is 25.2 Å². The lowest BCUT2D eigenvalue weighted by Crippen LogP contribution is -2.20. The summed E-state index contributed by atoms with van der Waals surface area (Å²) in [4.78, 5) is 0. The number of rotatable bonds is 3. The first-order valence-corrected chi connectivity index (χ1v) is 7.09. The van der Waals surface area contributed by atoms with Gasteiger partial charge in [-0.05, 0) is 49.7 Å². The zero-order chi connectivity index (χ0) is 14.9. The van der Waals surface area contributed by atoms with Crippen LogP contribution in [0.5, 0.6) is 0 Å². The molecule has 0 aliphatic rings. The Morgan fingerprint density at radius 2 is 1.70 bits per heavy atom. The SMILES string of the molecule is CNC(c1cc(C)c(Cl)cc1C)c1cccc(Cl)c1F. The summed E-state index contributed by atoms with van der Waals surface area (Å²) in [6.07, 6.45) is 0. The molecule has 1 atom stereocenters. The van der Waals surface area contributed by atoms with Crippen molar-refractivity contribution in [3.8, 4) is 0 Å². The van der Waals surface area contributed by atoms with E-state index < -0.39 is 0 Å². The Morgan fingerprint density at radius 3 is 2.35 bits per heavy atom. The van der Waals surface area contributed by atoms with Crippen LogP contribution in [0.2, 0.25) is 10.0 Å². The highest BCUT2D eigenvalue weighted by molar-refractivity contribution is 6.31. The Morgan fingerprint density at radius 1 is 1.00 bits per heavy atom. The van der Waals surface area contributed by atoms with Crippen molar-refractivity contribution >= 4 is 23.2 Å². The minimum Gasteiger partial charge on any atom is -0.309 e. The van der Waals surface area contributed by atoms with Crippen LogP contribution in [0.25, 0.3) is 0 Å². The Kier molecular flexibility index (Phi) is 4.69. The van der Waals surface area contributed by atoms with E-state index in [9.17, 15) is 4.39 Å². The normalized spacial score (nSPS) is 12.5. The molecule has 1 unspecified atom stereocenters. The van der Waals surface area contributed by atoms with Crippen molar-refractivity contribution in [1.29, 1.82) is 0 Å². The summed E-state index contributed by atoms with van der Waals surface area (Å²) in [5.41, 5.74) is 3.51. The van der Waals surface area contributed by atoms with Gasteiger partial charge in [0.15, 0.2) is 0 Å². The molecule has 0 saturated heterocycles. The molecule has 0 radical (unpaired) electrons. The third kappa shape index (κ3) is 2.83. The topological polar surface area (TPSA) is 12.0 Å². The summed E-state index contributed by atoms with van der Waals surface area (Å²) in [7, 11) is 1.80. The molecule has 106 valence electrons. The van der Waals surface area contributed by atoms with Gasteiger partial charge < -0.3 is 5.32 Å². The fraction of sp³-hybridized carbons (Fsp3) is 0.250. The molecule has 0 aromatic heterocycles. The van der Waals surface area contributed by atoms with Crippen molar-refractivity contribution in [1.82, 2.24) is 5.32 Å². The van der Waals surface area contributed by atoms with Crippen LogP contribution in [0.3, 0.4) is 0 Å². The van der Waals surface area contributed by atoms with Gasteiger partial charge in [-0.3, -0.25) is 0 Å². The van der Waals surface area contributed by atoms with E-state index in [1.165, 1.54) is 0 Å². The molecular weight excluding hydrogens is 296 g/mol. The van der Waals surface area contributed by atoms with Crippen LogP contribution in [0.4, 0.5) is 4.39 Å². The van der Waals surface area contributed by atoms with Crippen LogP contribution < -0.4 is 5.32 Å². The fourth-order valence-corrected chi connectivity index (χ4v) is 2.74. The Balaban J connectivity index is 2.58. The van der Waals surface area contributed by atoms with Crippen LogP contribution >= 0.6 is 23.2 Å². The predicted molar refractivity (Wildman–Crippen MR) is 83.2 cm³/mol. The molecule has 0 spiro atoms. The average Bonchev–Trinajstić information content (AvgIpc) is 2.41. The number of hydrogen-bond acceptors (Lipinski definition) is 1. The first-order valence-electron chi connectivity index (χ1n) is 6.33. The molecular formula is C16H16Cl2FN. The highest BCUT2D eigenvalue weighted by atomic mass is 35.5. The zero-order valence-corrected chi connectivity index (χ0v) is 13.1. The van der Waals surface area contributed by atoms with E-state index in [-0.39, 0.29) is 16.9 Å². The minimum atomic E-state index is -0.388. The van der Waals surface area contributed by atoms with Crippen molar-refractivity contribution in [3.05, 3.63) is 68.4 Å². The number of nitrogens with one attached hydrogen (secondary N) is 1. The van der Waals surface area contributed by atoms with E-state index >= 15 is 0 Å². The van der Waals surface area contributed by atoms with Crippen molar-refractivity contribution in [3.63, 3.8) is 0 Å². The van der Waals surface area contributed by atoms with E-state index in [0.29, 0.717) is 10.6 Å². The fourth-order valence-electron chi connectivity index (χ4n) is 2.34. The number of hydrogen-bond donors (Lipinski definition) is 1. The standard InChI is InChI=1S/C16H16Cl2FN/c1-9-8-14(18)10(2)7-12(9)16(20-3)11-5-4-6-13(17)15(11)19/h4-8,16,20H,1-3H3. The second-order valence-electron chi connectivity index (χ2n) is 4.82. The minimum absolute atomic E-state index is 0.131. The van der Waals surface area contributed by atoms with Gasteiger partial charge in [0, 0.05) is 10.6 Å². The predicted octanol–water partition coefficient (Wildman–Crippen LogP) is 5.06. The largest absolute Gasteiger partial charge is 0.309 e. The second-order valence-corrected chi connectivity index (χ2v) is 5.64. The molecule has 0 saturated carbocycles. The van der Waals surface area contributed by atoms with Gasteiger partial charge in [0.1, 0.15) is 5.82 Å². The van der Waals surface area contributed by atoms with E-state index in [2.05, 4.69) is 5.32 Å². The van der Waals surface area contributed by atoms with Gasteiger partial charge in [0.2, 0.25) is 0 Å². The summed E-state index contributed by atoms with van der Waals surface area (Å²) in [6.45, 7) is 3.90. The van der Waals surface area contributed by atoms with Crippen molar-refractivity contribution in [2.24, 2.45) is 0 Å². The maximum Gasteiger partial charge on any atom is 0.146 e. The zero-order valence-electron chi connectivity index (χ0n) is 11.6. The van der Waals surface area contributed by atoms with Crippen LogP contribution in [0.15, 0.2) is 30.3 Å². The molecule has 4 heteroatoms. The maximum absolute atomic E-state index is 14.2. The van der Waals surface area contributed by atoms with Crippen molar-refractivity contribution < 1.29 is 4.39 Å². The lowest BCUT2D eigenvalue weighted by Gasteiger charge is -2.21. The molecule has 2 rings (SSSR count). The number of halogens is 3. The van der Waals surface area contributed by atoms with Gasteiger partial charge in [0.25, 0.3) is 0 Å². The van der Waals surface area contributed by atoms with Gasteiger partial charge in [-0.15, -0.1) is 0 Å². The highest BCUT2D eigenvalue weighted by Gasteiger charge is 2.20. The van der Waals surface area contributed by atoms with Crippen LogP contribution in [-0.2, 0) is 0 Å². The Labute approximate surface area is 128 Å². The molecule has 0 bridgehead atoms. The first-order chi connectivity index (χ1) is 9.45. The third-order valence-electron chi connectivity index (χ3n) is 3.44. The molecule has 1 nitrogen and oxygen atoms in total. The van der Waals surface area contributed by atoms with Crippen LogP contribution in [-0.4, -0.2) is 7.05 Å². The van der Waals surface area contributed by atoms with Crippen molar-refractivity contribution in [2.45, 2.75) is 19.9 Å². The first kappa shape index (κ1) is 15.3. The van der Waals surface area contributed by atoms with Crippen LogP contribution in [0, 0.1) is 19.7 Å². The van der Waals surface area contributed by atoms with Gasteiger partial charge >= 0.3 is 0 Å². The highest BCUT2D eigenvalue weighted by Crippen LogP contribution is 2.32. The summed E-state index contributed by atoms with van der Waals surface area (Å²) >= 11 is 12.0. The quantitative estimate of drug-likeness (QED) is 0.835. The molecule has 1 N–H and O–H groups in total. The third-order valence-corrected chi connectivity index (χ3v) is 4.14. The second kappa shape index (κ2) is 6.13. The van der Waals surface area contributed by atoms with E-state index in [4.69, 9.17) is 23.2 Å².